The van der Waals surface area contributed by atoms with Gasteiger partial charge >= 0.3 is 0 Å². The topological polar surface area (TPSA) is 72.7 Å². The molecule has 0 fully saturated rings. The molecule has 0 spiro atoms. The van der Waals surface area contributed by atoms with Crippen LogP contribution in [0.2, 0.25) is 0 Å². The standard InChI is InChI=1S/C12H17N5OS2/c1-8(2)17-12(14-15-16-17)20-9(3)11(18)13-7-10-5-4-6-19-10/h4-6,8-9H,7H2,1-3H3,(H,13,18). The minimum absolute atomic E-state index is 0.0123. The zero-order chi connectivity index (χ0) is 14.5. The van der Waals surface area contributed by atoms with Crippen LogP contribution in [0.5, 0.6) is 0 Å². The zero-order valence-electron chi connectivity index (χ0n) is 11.6. The minimum Gasteiger partial charge on any atom is -0.350 e. The van der Waals surface area contributed by atoms with E-state index in [0.717, 1.165) is 4.88 Å². The van der Waals surface area contributed by atoms with Gasteiger partial charge in [-0.05, 0) is 42.6 Å². The Morgan fingerprint density at radius 2 is 2.30 bits per heavy atom. The predicted molar refractivity (Wildman–Crippen MR) is 79.7 cm³/mol. The van der Waals surface area contributed by atoms with Crippen molar-refractivity contribution in [3.63, 3.8) is 0 Å². The fourth-order valence-electron chi connectivity index (χ4n) is 1.53. The molecule has 108 valence electrons. The number of hydrogen-bond donors (Lipinski definition) is 1. The highest BCUT2D eigenvalue weighted by atomic mass is 32.2. The summed E-state index contributed by atoms with van der Waals surface area (Å²) < 4.78 is 1.72. The molecular formula is C12H17N5OS2. The van der Waals surface area contributed by atoms with Crippen LogP contribution in [0, 0.1) is 0 Å². The number of nitrogens with one attached hydrogen (secondary N) is 1. The van der Waals surface area contributed by atoms with E-state index in [9.17, 15) is 4.79 Å². The van der Waals surface area contributed by atoms with Crippen LogP contribution in [0.4, 0.5) is 0 Å². The second-order valence-corrected chi connectivity index (χ2v) is 6.90. The molecule has 0 aliphatic carbocycles. The first-order chi connectivity index (χ1) is 9.58. The Hall–Kier alpha value is -1.41. The van der Waals surface area contributed by atoms with Crippen LogP contribution in [0.25, 0.3) is 0 Å². The molecule has 0 saturated carbocycles. The maximum absolute atomic E-state index is 12.0. The maximum Gasteiger partial charge on any atom is 0.233 e. The minimum atomic E-state index is -0.238. The molecule has 1 unspecified atom stereocenters. The van der Waals surface area contributed by atoms with E-state index in [0.29, 0.717) is 11.7 Å². The number of hydrogen-bond acceptors (Lipinski definition) is 6. The molecule has 2 aromatic heterocycles. The number of tetrazole rings is 1. The number of thioether (sulfide) groups is 1. The van der Waals surface area contributed by atoms with Gasteiger partial charge in [-0.3, -0.25) is 4.79 Å². The predicted octanol–water partition coefficient (Wildman–Crippen LogP) is 2.11. The zero-order valence-corrected chi connectivity index (χ0v) is 13.2. The lowest BCUT2D eigenvalue weighted by Crippen LogP contribution is -2.30. The molecule has 8 heteroatoms. The summed E-state index contributed by atoms with van der Waals surface area (Å²) >= 11 is 3.00. The third-order valence-corrected chi connectivity index (χ3v) is 4.54. The molecule has 6 nitrogen and oxygen atoms in total. The van der Waals surface area contributed by atoms with E-state index in [1.54, 1.807) is 16.0 Å². The molecule has 2 aromatic rings. The summed E-state index contributed by atoms with van der Waals surface area (Å²) in [6.07, 6.45) is 0. The van der Waals surface area contributed by atoms with E-state index < -0.39 is 0 Å². The molecule has 20 heavy (non-hydrogen) atoms. The van der Waals surface area contributed by atoms with Crippen molar-refractivity contribution in [1.82, 2.24) is 25.5 Å². The Labute approximate surface area is 126 Å². The van der Waals surface area contributed by atoms with Gasteiger partial charge in [-0.25, -0.2) is 4.68 Å². The average molecular weight is 311 g/mol. The number of amides is 1. The van der Waals surface area contributed by atoms with Gasteiger partial charge in [-0.1, -0.05) is 17.8 Å². The van der Waals surface area contributed by atoms with Gasteiger partial charge in [-0.2, -0.15) is 0 Å². The molecule has 0 aromatic carbocycles. The van der Waals surface area contributed by atoms with Crippen molar-refractivity contribution in [3.05, 3.63) is 22.4 Å². The van der Waals surface area contributed by atoms with Gasteiger partial charge in [0, 0.05) is 4.88 Å². The fraction of sp³-hybridized carbons (Fsp3) is 0.500. The van der Waals surface area contributed by atoms with Gasteiger partial charge in [0.1, 0.15) is 0 Å². The second kappa shape index (κ2) is 6.85. The van der Waals surface area contributed by atoms with E-state index >= 15 is 0 Å². The van der Waals surface area contributed by atoms with E-state index in [1.807, 2.05) is 38.3 Å². The smallest absolute Gasteiger partial charge is 0.233 e. The SMILES string of the molecule is CC(Sc1nnnn1C(C)C)C(=O)NCc1cccs1. The second-order valence-electron chi connectivity index (χ2n) is 4.56. The van der Waals surface area contributed by atoms with Crippen LogP contribution in [0.15, 0.2) is 22.7 Å². The van der Waals surface area contributed by atoms with Crippen LogP contribution in [0.3, 0.4) is 0 Å². The van der Waals surface area contributed by atoms with Crippen LogP contribution in [-0.4, -0.2) is 31.4 Å². The quantitative estimate of drug-likeness (QED) is 0.827. The third kappa shape index (κ3) is 3.80. The van der Waals surface area contributed by atoms with Crippen molar-refractivity contribution in [2.75, 3.05) is 0 Å². The Morgan fingerprint density at radius 1 is 1.50 bits per heavy atom. The van der Waals surface area contributed by atoms with Crippen molar-refractivity contribution in [1.29, 1.82) is 0 Å². The number of carbonyl (C=O) groups is 1. The number of thiophene rings is 1. The van der Waals surface area contributed by atoms with Crippen LogP contribution >= 0.6 is 23.1 Å². The molecule has 1 amide bonds. The van der Waals surface area contributed by atoms with Crippen LogP contribution in [-0.2, 0) is 11.3 Å². The lowest BCUT2D eigenvalue weighted by Gasteiger charge is -2.12. The average Bonchev–Trinajstić information content (AvgIpc) is 3.06. The van der Waals surface area contributed by atoms with Crippen molar-refractivity contribution >= 4 is 29.0 Å². The van der Waals surface area contributed by atoms with Crippen molar-refractivity contribution in [2.45, 2.75) is 43.8 Å². The summed E-state index contributed by atoms with van der Waals surface area (Å²) in [6, 6.07) is 4.15. The molecule has 2 rings (SSSR count). The highest BCUT2D eigenvalue weighted by Crippen LogP contribution is 2.22. The molecule has 2 heterocycles. The first-order valence-electron chi connectivity index (χ1n) is 6.32. The van der Waals surface area contributed by atoms with Crippen molar-refractivity contribution in [2.24, 2.45) is 0 Å². The Balaban J connectivity index is 1.89. The van der Waals surface area contributed by atoms with Crippen molar-refractivity contribution in [3.8, 4) is 0 Å². The first kappa shape index (κ1) is 15.0. The Bertz CT molecular complexity index is 552. The normalized spacial score (nSPS) is 12.6. The van der Waals surface area contributed by atoms with E-state index in [1.165, 1.54) is 11.8 Å². The molecule has 0 aliphatic heterocycles. The number of carbonyl (C=O) groups excluding carboxylic acids is 1. The molecule has 0 radical (unpaired) electrons. The lowest BCUT2D eigenvalue weighted by molar-refractivity contribution is -0.120. The summed E-state index contributed by atoms with van der Waals surface area (Å²) in [5.74, 6) is -0.0123. The van der Waals surface area contributed by atoms with Crippen molar-refractivity contribution < 1.29 is 4.79 Å². The van der Waals surface area contributed by atoms with Gasteiger partial charge in [0.15, 0.2) is 0 Å². The summed E-state index contributed by atoms with van der Waals surface area (Å²) in [7, 11) is 0. The Kier molecular flexibility index (Phi) is 5.13. The van der Waals surface area contributed by atoms with E-state index in [2.05, 4.69) is 20.8 Å². The lowest BCUT2D eigenvalue weighted by atomic mass is 10.4. The number of nitrogens with zero attached hydrogens (tertiary/aromatic N) is 4. The summed E-state index contributed by atoms with van der Waals surface area (Å²) in [5.41, 5.74) is 0. The van der Waals surface area contributed by atoms with Crippen LogP contribution in [0.1, 0.15) is 31.7 Å². The number of aromatic nitrogens is 4. The summed E-state index contributed by atoms with van der Waals surface area (Å²) in [6.45, 7) is 6.42. The maximum atomic E-state index is 12.0. The summed E-state index contributed by atoms with van der Waals surface area (Å²) in [4.78, 5) is 13.2. The van der Waals surface area contributed by atoms with Gasteiger partial charge in [0.25, 0.3) is 0 Å². The van der Waals surface area contributed by atoms with Gasteiger partial charge in [0.05, 0.1) is 17.8 Å². The molecule has 0 bridgehead atoms. The molecule has 0 saturated heterocycles. The number of rotatable bonds is 6. The summed E-state index contributed by atoms with van der Waals surface area (Å²) in [5, 5.41) is 16.9. The van der Waals surface area contributed by atoms with Gasteiger partial charge in [-0.15, -0.1) is 16.4 Å². The molecule has 1 atom stereocenters. The van der Waals surface area contributed by atoms with E-state index in [-0.39, 0.29) is 17.2 Å². The highest BCUT2D eigenvalue weighted by molar-refractivity contribution is 8.00. The molecular weight excluding hydrogens is 294 g/mol. The van der Waals surface area contributed by atoms with Gasteiger partial charge < -0.3 is 5.32 Å². The monoisotopic (exact) mass is 311 g/mol. The van der Waals surface area contributed by atoms with Crippen LogP contribution < -0.4 is 5.32 Å². The molecule has 0 aliphatic rings. The van der Waals surface area contributed by atoms with E-state index in [4.69, 9.17) is 0 Å². The Morgan fingerprint density at radius 3 is 2.95 bits per heavy atom. The van der Waals surface area contributed by atoms with Gasteiger partial charge in [0.2, 0.25) is 11.1 Å². The molecule has 1 N–H and O–H groups in total. The first-order valence-corrected chi connectivity index (χ1v) is 8.08. The largest absolute Gasteiger partial charge is 0.350 e. The fourth-order valence-corrected chi connectivity index (χ4v) is 3.12. The highest BCUT2D eigenvalue weighted by Gasteiger charge is 2.19. The third-order valence-electron chi connectivity index (χ3n) is 2.62.